The quantitative estimate of drug-likeness (QED) is 0.790. The molecule has 0 spiro atoms. The second-order valence-electron chi connectivity index (χ2n) is 4.48. The summed E-state index contributed by atoms with van der Waals surface area (Å²) in [4.78, 5) is 13.6. The summed E-state index contributed by atoms with van der Waals surface area (Å²) < 4.78 is 5.63. The van der Waals surface area contributed by atoms with Crippen molar-refractivity contribution in [3.8, 4) is 5.75 Å². The van der Waals surface area contributed by atoms with Crippen molar-refractivity contribution in [2.24, 2.45) is 5.92 Å². The molecule has 1 saturated carbocycles. The van der Waals surface area contributed by atoms with E-state index in [0.717, 1.165) is 0 Å². The molecule has 1 aromatic heterocycles. The van der Waals surface area contributed by atoms with Crippen LogP contribution in [0.25, 0.3) is 0 Å². The van der Waals surface area contributed by atoms with Gasteiger partial charge in [0.2, 0.25) is 0 Å². The van der Waals surface area contributed by atoms with E-state index in [0.29, 0.717) is 18.3 Å². The molecule has 0 atom stereocenters. The highest BCUT2D eigenvalue weighted by molar-refractivity contribution is 5.22. The van der Waals surface area contributed by atoms with E-state index in [1.165, 1.54) is 30.1 Å². The fraction of sp³-hybridized carbons (Fsp3) is 0.462. The molecule has 0 bridgehead atoms. The van der Waals surface area contributed by atoms with E-state index in [4.69, 9.17) is 4.74 Å². The minimum absolute atomic E-state index is 0.123. The summed E-state index contributed by atoms with van der Waals surface area (Å²) in [6.45, 7) is 4.85. The van der Waals surface area contributed by atoms with Crippen molar-refractivity contribution in [3.05, 3.63) is 39.8 Å². The van der Waals surface area contributed by atoms with Crippen LogP contribution < -0.4 is 10.3 Å². The van der Waals surface area contributed by atoms with Gasteiger partial charge in [0.1, 0.15) is 12.4 Å². The second-order valence-corrected chi connectivity index (χ2v) is 4.48. The van der Waals surface area contributed by atoms with Crippen molar-refractivity contribution >= 4 is 0 Å². The van der Waals surface area contributed by atoms with Gasteiger partial charge in [-0.3, -0.25) is 4.79 Å². The SMILES string of the molecule is CC(C)=C(COc1cc[nH]c(=O)c1)C1CC1. The molecule has 0 saturated heterocycles. The average Bonchev–Trinajstić information content (AvgIpc) is 3.02. The lowest BCUT2D eigenvalue weighted by molar-refractivity contribution is 0.343. The van der Waals surface area contributed by atoms with Gasteiger partial charge in [-0.25, -0.2) is 0 Å². The molecule has 1 aliphatic carbocycles. The molecule has 0 aliphatic heterocycles. The molecule has 1 aliphatic rings. The first-order valence-electron chi connectivity index (χ1n) is 5.64. The van der Waals surface area contributed by atoms with Gasteiger partial charge in [-0.15, -0.1) is 0 Å². The number of rotatable bonds is 4. The summed E-state index contributed by atoms with van der Waals surface area (Å²) in [5.41, 5.74) is 2.61. The second kappa shape index (κ2) is 4.56. The van der Waals surface area contributed by atoms with Crippen LogP contribution in [0.2, 0.25) is 0 Å². The molecule has 0 aromatic carbocycles. The zero-order valence-corrected chi connectivity index (χ0v) is 9.75. The molecule has 0 unspecified atom stereocenters. The van der Waals surface area contributed by atoms with Crippen LogP contribution in [0.1, 0.15) is 26.7 Å². The van der Waals surface area contributed by atoms with Gasteiger partial charge in [-0.2, -0.15) is 0 Å². The first kappa shape index (κ1) is 11.0. The van der Waals surface area contributed by atoms with Crippen LogP contribution in [0.5, 0.6) is 5.75 Å². The smallest absolute Gasteiger partial charge is 0.251 e. The third-order valence-electron chi connectivity index (χ3n) is 2.85. The topological polar surface area (TPSA) is 42.1 Å². The first-order valence-corrected chi connectivity index (χ1v) is 5.64. The van der Waals surface area contributed by atoms with E-state index in [1.807, 2.05) is 0 Å². The zero-order chi connectivity index (χ0) is 11.5. The molecule has 0 amide bonds. The maximum atomic E-state index is 11.1. The maximum Gasteiger partial charge on any atom is 0.251 e. The minimum Gasteiger partial charge on any atom is -0.489 e. The Kier molecular flexibility index (Phi) is 3.13. The highest BCUT2D eigenvalue weighted by Crippen LogP contribution is 2.38. The monoisotopic (exact) mass is 219 g/mol. The fourth-order valence-electron chi connectivity index (χ4n) is 1.78. The molecule has 2 rings (SSSR count). The van der Waals surface area contributed by atoms with Crippen LogP contribution in [0.4, 0.5) is 0 Å². The number of ether oxygens (including phenoxy) is 1. The van der Waals surface area contributed by atoms with Crippen LogP contribution in [0.3, 0.4) is 0 Å². The molecule has 3 heteroatoms. The summed E-state index contributed by atoms with van der Waals surface area (Å²) in [6.07, 6.45) is 4.16. The first-order chi connectivity index (χ1) is 7.66. The van der Waals surface area contributed by atoms with Crippen molar-refractivity contribution in [2.45, 2.75) is 26.7 Å². The standard InChI is InChI=1S/C13H17NO2/c1-9(2)12(10-3-4-10)8-16-11-5-6-14-13(15)7-11/h5-7,10H,3-4,8H2,1-2H3,(H,14,15). The molecule has 16 heavy (non-hydrogen) atoms. The molecular formula is C13H17NO2. The fourth-order valence-corrected chi connectivity index (χ4v) is 1.78. The van der Waals surface area contributed by atoms with Crippen LogP contribution in [-0.4, -0.2) is 11.6 Å². The normalized spacial score (nSPS) is 14.6. The number of hydrogen-bond donors (Lipinski definition) is 1. The lowest BCUT2D eigenvalue weighted by Gasteiger charge is -2.10. The summed E-state index contributed by atoms with van der Waals surface area (Å²) in [6, 6.07) is 3.26. The van der Waals surface area contributed by atoms with Gasteiger partial charge >= 0.3 is 0 Å². The Morgan fingerprint density at radius 1 is 1.50 bits per heavy atom. The van der Waals surface area contributed by atoms with Gasteiger partial charge in [-0.1, -0.05) is 5.57 Å². The van der Waals surface area contributed by atoms with E-state index in [2.05, 4.69) is 18.8 Å². The van der Waals surface area contributed by atoms with Crippen molar-refractivity contribution in [1.29, 1.82) is 0 Å². The van der Waals surface area contributed by atoms with E-state index in [-0.39, 0.29) is 5.56 Å². The van der Waals surface area contributed by atoms with Crippen molar-refractivity contribution in [2.75, 3.05) is 6.61 Å². The molecule has 0 radical (unpaired) electrons. The summed E-state index contributed by atoms with van der Waals surface area (Å²) in [5, 5.41) is 0. The van der Waals surface area contributed by atoms with Crippen molar-refractivity contribution < 1.29 is 4.74 Å². The van der Waals surface area contributed by atoms with Gasteiger partial charge in [0.25, 0.3) is 5.56 Å². The molecule has 1 fully saturated rings. The molecule has 1 aromatic rings. The van der Waals surface area contributed by atoms with Gasteiger partial charge in [0.15, 0.2) is 0 Å². The Balaban J connectivity index is 2.01. The summed E-state index contributed by atoms with van der Waals surface area (Å²) in [5.74, 6) is 1.36. The van der Waals surface area contributed by atoms with Gasteiger partial charge in [0, 0.05) is 12.3 Å². The predicted octanol–water partition coefficient (Wildman–Crippen LogP) is 2.50. The molecule has 3 nitrogen and oxygen atoms in total. The number of pyridine rings is 1. The van der Waals surface area contributed by atoms with Crippen molar-refractivity contribution in [3.63, 3.8) is 0 Å². The Bertz CT molecular complexity index is 451. The third-order valence-corrected chi connectivity index (χ3v) is 2.85. The van der Waals surface area contributed by atoms with Crippen LogP contribution >= 0.6 is 0 Å². The Morgan fingerprint density at radius 2 is 2.25 bits per heavy atom. The Hall–Kier alpha value is -1.51. The van der Waals surface area contributed by atoms with E-state index in [9.17, 15) is 4.79 Å². The van der Waals surface area contributed by atoms with Crippen LogP contribution in [-0.2, 0) is 0 Å². The van der Waals surface area contributed by atoms with Crippen LogP contribution in [0, 0.1) is 5.92 Å². The largest absolute Gasteiger partial charge is 0.489 e. The molecule has 1 heterocycles. The lowest BCUT2D eigenvalue weighted by atomic mass is 10.1. The molecular weight excluding hydrogens is 202 g/mol. The van der Waals surface area contributed by atoms with Crippen molar-refractivity contribution in [1.82, 2.24) is 4.98 Å². The number of allylic oxidation sites excluding steroid dienone is 1. The Labute approximate surface area is 95.2 Å². The summed E-state index contributed by atoms with van der Waals surface area (Å²) >= 11 is 0. The minimum atomic E-state index is -0.123. The predicted molar refractivity (Wildman–Crippen MR) is 63.7 cm³/mol. The number of nitrogens with one attached hydrogen (secondary N) is 1. The van der Waals surface area contributed by atoms with Gasteiger partial charge < -0.3 is 9.72 Å². The zero-order valence-electron chi connectivity index (χ0n) is 9.75. The average molecular weight is 219 g/mol. The highest BCUT2D eigenvalue weighted by Gasteiger charge is 2.26. The Morgan fingerprint density at radius 3 is 2.81 bits per heavy atom. The molecule has 1 N–H and O–H groups in total. The lowest BCUT2D eigenvalue weighted by Crippen LogP contribution is -2.08. The number of aromatic nitrogens is 1. The van der Waals surface area contributed by atoms with Crippen LogP contribution in [0.15, 0.2) is 34.3 Å². The number of aromatic amines is 1. The maximum absolute atomic E-state index is 11.1. The molecule has 86 valence electrons. The van der Waals surface area contributed by atoms with Gasteiger partial charge in [0.05, 0.1) is 0 Å². The van der Waals surface area contributed by atoms with E-state index in [1.54, 1.807) is 12.3 Å². The summed E-state index contributed by atoms with van der Waals surface area (Å²) in [7, 11) is 0. The number of hydrogen-bond acceptors (Lipinski definition) is 2. The van der Waals surface area contributed by atoms with E-state index < -0.39 is 0 Å². The third kappa shape index (κ3) is 2.75. The van der Waals surface area contributed by atoms with Gasteiger partial charge in [-0.05, 0) is 44.2 Å². The van der Waals surface area contributed by atoms with E-state index >= 15 is 0 Å². The number of H-pyrrole nitrogens is 1. The highest BCUT2D eigenvalue weighted by atomic mass is 16.5.